The van der Waals surface area contributed by atoms with E-state index in [1.54, 1.807) is 12.1 Å². The summed E-state index contributed by atoms with van der Waals surface area (Å²) in [6.07, 6.45) is 4.92. The van der Waals surface area contributed by atoms with Gasteiger partial charge in [0.2, 0.25) is 0 Å². The molecule has 1 saturated carbocycles. The van der Waals surface area contributed by atoms with Crippen LogP contribution in [0.5, 0.6) is 0 Å². The molecule has 1 N–H and O–H groups in total. The zero-order valence-electron chi connectivity index (χ0n) is 13.6. The fourth-order valence-electron chi connectivity index (χ4n) is 3.90. The van der Waals surface area contributed by atoms with Crippen LogP contribution < -0.4 is 0 Å². The Labute approximate surface area is 138 Å². The molecular formula is C21H24O2. The first-order valence-electron chi connectivity index (χ1n) is 8.50. The van der Waals surface area contributed by atoms with E-state index in [1.807, 2.05) is 12.1 Å². The normalized spacial score (nSPS) is 22.0. The molecule has 0 spiro atoms. The van der Waals surface area contributed by atoms with Crippen LogP contribution in [0.25, 0.3) is 0 Å². The molecule has 3 atom stereocenters. The van der Waals surface area contributed by atoms with E-state index < -0.39 is 5.97 Å². The van der Waals surface area contributed by atoms with Crippen molar-refractivity contribution in [2.45, 2.75) is 38.5 Å². The van der Waals surface area contributed by atoms with Crippen molar-refractivity contribution < 1.29 is 9.90 Å². The highest BCUT2D eigenvalue weighted by molar-refractivity contribution is 5.87. The Kier molecular flexibility index (Phi) is 4.80. The summed E-state index contributed by atoms with van der Waals surface area (Å²) in [4.78, 5) is 10.9. The molecule has 23 heavy (non-hydrogen) atoms. The number of aromatic carboxylic acids is 1. The average Bonchev–Trinajstić information content (AvgIpc) is 3.04. The van der Waals surface area contributed by atoms with Gasteiger partial charge in [-0.3, -0.25) is 0 Å². The van der Waals surface area contributed by atoms with Crippen molar-refractivity contribution in [3.05, 3.63) is 71.3 Å². The molecule has 2 heteroatoms. The molecule has 0 aromatic heterocycles. The second kappa shape index (κ2) is 6.99. The van der Waals surface area contributed by atoms with Crippen LogP contribution in [0.15, 0.2) is 54.6 Å². The Morgan fingerprint density at radius 2 is 1.78 bits per heavy atom. The third-order valence-electron chi connectivity index (χ3n) is 5.34. The van der Waals surface area contributed by atoms with Gasteiger partial charge in [-0.2, -0.15) is 0 Å². The van der Waals surface area contributed by atoms with Crippen molar-refractivity contribution >= 4 is 5.97 Å². The van der Waals surface area contributed by atoms with Crippen LogP contribution in [0.2, 0.25) is 0 Å². The van der Waals surface area contributed by atoms with Crippen molar-refractivity contribution in [1.82, 2.24) is 0 Å². The Morgan fingerprint density at radius 3 is 2.43 bits per heavy atom. The maximum absolute atomic E-state index is 10.9. The topological polar surface area (TPSA) is 37.3 Å². The lowest BCUT2D eigenvalue weighted by Crippen LogP contribution is -2.08. The second-order valence-electron chi connectivity index (χ2n) is 6.84. The fraction of sp³-hybridized carbons (Fsp3) is 0.381. The molecule has 0 saturated heterocycles. The van der Waals surface area contributed by atoms with Crippen LogP contribution in [0.1, 0.15) is 53.6 Å². The van der Waals surface area contributed by atoms with Crippen molar-refractivity contribution in [3.63, 3.8) is 0 Å². The van der Waals surface area contributed by atoms with Gasteiger partial charge in [-0.15, -0.1) is 0 Å². The molecule has 0 unspecified atom stereocenters. The van der Waals surface area contributed by atoms with E-state index in [4.69, 9.17) is 5.11 Å². The summed E-state index contributed by atoms with van der Waals surface area (Å²) in [7, 11) is 0. The monoisotopic (exact) mass is 308 g/mol. The number of carbonyl (C=O) groups is 1. The minimum Gasteiger partial charge on any atom is -0.478 e. The summed E-state index contributed by atoms with van der Waals surface area (Å²) in [5.41, 5.74) is 3.08. The molecule has 2 aromatic carbocycles. The van der Waals surface area contributed by atoms with Crippen molar-refractivity contribution in [3.8, 4) is 0 Å². The van der Waals surface area contributed by atoms with Crippen LogP contribution >= 0.6 is 0 Å². The molecule has 1 aliphatic carbocycles. The second-order valence-corrected chi connectivity index (χ2v) is 6.84. The number of benzene rings is 2. The predicted molar refractivity (Wildman–Crippen MR) is 92.8 cm³/mol. The minimum absolute atomic E-state index is 0.371. The van der Waals surface area contributed by atoms with E-state index in [1.165, 1.54) is 30.4 Å². The van der Waals surface area contributed by atoms with E-state index in [9.17, 15) is 4.79 Å². The molecule has 0 aliphatic heterocycles. The van der Waals surface area contributed by atoms with Crippen LogP contribution in [-0.2, 0) is 6.42 Å². The van der Waals surface area contributed by atoms with Gasteiger partial charge in [-0.25, -0.2) is 4.79 Å². The standard InChI is InChI=1S/C21H24O2/c1-15(18-5-3-2-4-6-18)20-12-9-17(14-20)13-16-7-10-19(11-8-16)21(22)23/h2-8,10-11,15,17,20H,9,12-14H2,1H3,(H,22,23)/t15-,17+,20+/m1/s1. The van der Waals surface area contributed by atoms with Gasteiger partial charge in [0.05, 0.1) is 5.56 Å². The van der Waals surface area contributed by atoms with E-state index in [0.29, 0.717) is 11.5 Å². The van der Waals surface area contributed by atoms with Crippen LogP contribution in [0.3, 0.4) is 0 Å². The Bertz CT molecular complexity index is 645. The maximum Gasteiger partial charge on any atom is 0.335 e. The van der Waals surface area contributed by atoms with E-state index in [0.717, 1.165) is 18.3 Å². The first-order chi connectivity index (χ1) is 11.1. The Hall–Kier alpha value is -2.09. The highest BCUT2D eigenvalue weighted by Gasteiger charge is 2.29. The summed E-state index contributed by atoms with van der Waals surface area (Å²) in [5.74, 6) is 1.26. The number of carboxylic acids is 1. The van der Waals surface area contributed by atoms with Gasteiger partial charge in [-0.1, -0.05) is 49.4 Å². The number of rotatable bonds is 5. The Morgan fingerprint density at radius 1 is 1.09 bits per heavy atom. The lowest BCUT2D eigenvalue weighted by atomic mass is 9.85. The van der Waals surface area contributed by atoms with Gasteiger partial charge >= 0.3 is 5.97 Å². The maximum atomic E-state index is 10.9. The minimum atomic E-state index is -0.853. The van der Waals surface area contributed by atoms with Crippen molar-refractivity contribution in [2.24, 2.45) is 11.8 Å². The van der Waals surface area contributed by atoms with E-state index >= 15 is 0 Å². The third-order valence-corrected chi connectivity index (χ3v) is 5.34. The summed E-state index contributed by atoms with van der Waals surface area (Å²) in [6.45, 7) is 2.35. The fourth-order valence-corrected chi connectivity index (χ4v) is 3.90. The molecule has 1 aliphatic rings. The van der Waals surface area contributed by atoms with Gasteiger partial charge in [0.15, 0.2) is 0 Å². The molecule has 0 radical (unpaired) electrons. The Balaban J connectivity index is 1.58. The zero-order chi connectivity index (χ0) is 16.2. The highest BCUT2D eigenvalue weighted by atomic mass is 16.4. The van der Waals surface area contributed by atoms with Gasteiger partial charge in [0.25, 0.3) is 0 Å². The van der Waals surface area contributed by atoms with E-state index in [2.05, 4.69) is 37.3 Å². The van der Waals surface area contributed by atoms with Crippen LogP contribution in [0.4, 0.5) is 0 Å². The van der Waals surface area contributed by atoms with Gasteiger partial charge in [-0.05, 0) is 66.7 Å². The number of hydrogen-bond acceptors (Lipinski definition) is 1. The van der Waals surface area contributed by atoms with Gasteiger partial charge in [0, 0.05) is 0 Å². The average molecular weight is 308 g/mol. The number of hydrogen-bond donors (Lipinski definition) is 1. The predicted octanol–water partition coefficient (Wildman–Crippen LogP) is 5.15. The molecule has 3 rings (SSSR count). The summed E-state index contributed by atoms with van der Waals surface area (Å²) < 4.78 is 0. The molecular weight excluding hydrogens is 284 g/mol. The molecule has 0 bridgehead atoms. The summed E-state index contributed by atoms with van der Waals surface area (Å²) in [5, 5.41) is 8.96. The number of carboxylic acid groups (broad SMARTS) is 1. The largest absolute Gasteiger partial charge is 0.478 e. The highest BCUT2D eigenvalue weighted by Crippen LogP contribution is 2.41. The van der Waals surface area contributed by atoms with Crippen LogP contribution in [-0.4, -0.2) is 11.1 Å². The lowest BCUT2D eigenvalue weighted by molar-refractivity contribution is 0.0697. The van der Waals surface area contributed by atoms with Crippen molar-refractivity contribution in [1.29, 1.82) is 0 Å². The third kappa shape index (κ3) is 3.82. The first kappa shape index (κ1) is 15.8. The molecule has 0 heterocycles. The molecule has 0 amide bonds. The molecule has 120 valence electrons. The quantitative estimate of drug-likeness (QED) is 0.829. The summed E-state index contributed by atoms with van der Waals surface area (Å²) in [6, 6.07) is 18.2. The van der Waals surface area contributed by atoms with E-state index in [-0.39, 0.29) is 0 Å². The molecule has 1 fully saturated rings. The SMILES string of the molecule is C[C@H](c1ccccc1)[C@H]1CC[C@@H](Cc2ccc(C(=O)O)cc2)C1. The smallest absolute Gasteiger partial charge is 0.335 e. The molecule has 2 aromatic rings. The van der Waals surface area contributed by atoms with Crippen molar-refractivity contribution in [2.75, 3.05) is 0 Å². The first-order valence-corrected chi connectivity index (χ1v) is 8.50. The zero-order valence-corrected chi connectivity index (χ0v) is 13.6. The summed E-state index contributed by atoms with van der Waals surface area (Å²) >= 11 is 0. The van der Waals surface area contributed by atoms with Crippen LogP contribution in [0, 0.1) is 11.8 Å². The van der Waals surface area contributed by atoms with Gasteiger partial charge < -0.3 is 5.11 Å². The lowest BCUT2D eigenvalue weighted by Gasteiger charge is -2.20. The molecule has 2 nitrogen and oxygen atoms in total. The van der Waals surface area contributed by atoms with Gasteiger partial charge in [0.1, 0.15) is 0 Å².